The molecule has 0 saturated heterocycles. The Hall–Kier alpha value is -3.16. The Kier molecular flexibility index (Phi) is 6.08. The van der Waals surface area contributed by atoms with Crippen LogP contribution in [0.25, 0.3) is 0 Å². The molecule has 0 aliphatic heterocycles. The molecule has 0 atom stereocenters. The molecule has 1 saturated carbocycles. The average Bonchev–Trinajstić information content (AvgIpc) is 3.09. The fraction of sp³-hybridized carbons (Fsp3) is 0.400. The number of carbonyl (C=O) groups is 3. The Morgan fingerprint density at radius 3 is 2.43 bits per heavy atom. The van der Waals surface area contributed by atoms with Gasteiger partial charge in [-0.05, 0) is 37.1 Å². The highest BCUT2D eigenvalue weighted by Gasteiger charge is 2.25. The second kappa shape index (κ2) is 8.69. The van der Waals surface area contributed by atoms with Crippen molar-refractivity contribution in [3.63, 3.8) is 0 Å². The molecule has 0 radical (unpaired) electrons. The van der Waals surface area contributed by atoms with E-state index in [9.17, 15) is 14.4 Å². The summed E-state index contributed by atoms with van der Waals surface area (Å²) < 4.78 is 1.68. The van der Waals surface area contributed by atoms with E-state index >= 15 is 0 Å². The number of hydrogen-bond donors (Lipinski definition) is 3. The van der Waals surface area contributed by atoms with E-state index in [1.807, 2.05) is 7.05 Å². The number of aryl methyl sites for hydroxylation is 1. The van der Waals surface area contributed by atoms with Gasteiger partial charge >= 0.3 is 5.97 Å². The molecule has 0 unspecified atom stereocenters. The molecule has 2 aromatic rings. The number of aliphatic carboxylic acids is 1. The van der Waals surface area contributed by atoms with Gasteiger partial charge in [-0.15, -0.1) is 0 Å². The van der Waals surface area contributed by atoms with Crippen LogP contribution in [0.1, 0.15) is 64.4 Å². The molecule has 0 bridgehead atoms. The van der Waals surface area contributed by atoms with E-state index in [1.165, 1.54) is 18.6 Å². The fourth-order valence-corrected chi connectivity index (χ4v) is 3.52. The first-order valence-electron chi connectivity index (χ1n) is 9.39. The van der Waals surface area contributed by atoms with Gasteiger partial charge in [0.2, 0.25) is 0 Å². The van der Waals surface area contributed by atoms with E-state index in [2.05, 4.69) is 15.7 Å². The number of amides is 2. The molecule has 3 rings (SSSR count). The van der Waals surface area contributed by atoms with Gasteiger partial charge in [0.1, 0.15) is 6.54 Å². The van der Waals surface area contributed by atoms with Crippen LogP contribution >= 0.6 is 0 Å². The maximum Gasteiger partial charge on any atom is 0.322 e. The molecule has 1 heterocycles. The van der Waals surface area contributed by atoms with Crippen LogP contribution in [0.3, 0.4) is 0 Å². The molecule has 1 fully saturated rings. The second-order valence-electron chi connectivity index (χ2n) is 7.04. The smallest absolute Gasteiger partial charge is 0.322 e. The van der Waals surface area contributed by atoms with Crippen molar-refractivity contribution in [1.82, 2.24) is 15.1 Å². The molecule has 1 aliphatic rings. The standard InChI is InChI=1S/C20H24N4O4/c1-24-12-16(18(23-24)13-5-3-2-4-6-13)20(28)22-15-9-7-14(8-10-15)19(27)21-11-17(25)26/h7-10,12-13H,2-6,11H2,1H3,(H,21,27)(H,22,28)(H,25,26). The average molecular weight is 384 g/mol. The molecule has 28 heavy (non-hydrogen) atoms. The molecule has 3 N–H and O–H groups in total. The van der Waals surface area contributed by atoms with Crippen molar-refractivity contribution >= 4 is 23.5 Å². The van der Waals surface area contributed by atoms with E-state index in [0.29, 0.717) is 22.7 Å². The van der Waals surface area contributed by atoms with E-state index < -0.39 is 18.4 Å². The van der Waals surface area contributed by atoms with Crippen molar-refractivity contribution in [3.05, 3.63) is 47.3 Å². The Morgan fingerprint density at radius 1 is 1.11 bits per heavy atom. The van der Waals surface area contributed by atoms with Crippen LogP contribution in [0, 0.1) is 0 Å². The summed E-state index contributed by atoms with van der Waals surface area (Å²) in [5.74, 6) is -1.50. The van der Waals surface area contributed by atoms with Crippen molar-refractivity contribution in [2.24, 2.45) is 7.05 Å². The number of carboxylic acids is 1. The Balaban J connectivity index is 1.68. The lowest BCUT2D eigenvalue weighted by molar-refractivity contribution is -0.135. The summed E-state index contributed by atoms with van der Waals surface area (Å²) in [7, 11) is 1.81. The number of benzene rings is 1. The van der Waals surface area contributed by atoms with Gasteiger partial charge in [-0.3, -0.25) is 19.1 Å². The van der Waals surface area contributed by atoms with Gasteiger partial charge in [0, 0.05) is 30.4 Å². The third-order valence-corrected chi connectivity index (χ3v) is 4.90. The zero-order valence-corrected chi connectivity index (χ0v) is 15.8. The molecule has 0 spiro atoms. The number of nitrogens with one attached hydrogen (secondary N) is 2. The van der Waals surface area contributed by atoms with Gasteiger partial charge < -0.3 is 15.7 Å². The molecule has 148 valence electrons. The third kappa shape index (κ3) is 4.76. The highest BCUT2D eigenvalue weighted by Crippen LogP contribution is 2.33. The first kappa shape index (κ1) is 19.6. The third-order valence-electron chi connectivity index (χ3n) is 4.90. The highest BCUT2D eigenvalue weighted by molar-refractivity contribution is 6.05. The quantitative estimate of drug-likeness (QED) is 0.708. The lowest BCUT2D eigenvalue weighted by atomic mass is 9.85. The maximum absolute atomic E-state index is 12.8. The number of carboxylic acid groups (broad SMARTS) is 1. The Bertz CT molecular complexity index is 867. The number of aromatic nitrogens is 2. The number of hydrogen-bond acceptors (Lipinski definition) is 4. The first-order valence-corrected chi connectivity index (χ1v) is 9.39. The zero-order valence-electron chi connectivity index (χ0n) is 15.8. The fourth-order valence-electron chi connectivity index (χ4n) is 3.52. The minimum absolute atomic E-state index is 0.225. The predicted molar refractivity (Wildman–Crippen MR) is 103 cm³/mol. The van der Waals surface area contributed by atoms with Crippen LogP contribution in [0.4, 0.5) is 5.69 Å². The highest BCUT2D eigenvalue weighted by atomic mass is 16.4. The first-order chi connectivity index (χ1) is 13.4. The van der Waals surface area contributed by atoms with Gasteiger partial charge in [0.25, 0.3) is 11.8 Å². The minimum atomic E-state index is -1.11. The summed E-state index contributed by atoms with van der Waals surface area (Å²) in [5, 5.41) is 18.3. The van der Waals surface area contributed by atoms with Gasteiger partial charge in [0.15, 0.2) is 0 Å². The number of anilines is 1. The topological polar surface area (TPSA) is 113 Å². The van der Waals surface area contributed by atoms with Crippen molar-refractivity contribution in [2.45, 2.75) is 38.0 Å². The van der Waals surface area contributed by atoms with Crippen molar-refractivity contribution in [2.75, 3.05) is 11.9 Å². The summed E-state index contributed by atoms with van der Waals surface area (Å²) in [6.07, 6.45) is 7.40. The van der Waals surface area contributed by atoms with Crippen LogP contribution in [-0.4, -0.2) is 39.2 Å². The van der Waals surface area contributed by atoms with Crippen LogP contribution in [-0.2, 0) is 11.8 Å². The Morgan fingerprint density at radius 2 is 1.79 bits per heavy atom. The summed E-state index contributed by atoms with van der Waals surface area (Å²) in [4.78, 5) is 35.2. The molecule has 1 aromatic heterocycles. The normalized spacial score (nSPS) is 14.5. The summed E-state index contributed by atoms with van der Waals surface area (Å²) in [5.41, 5.74) is 2.31. The largest absolute Gasteiger partial charge is 0.480 e. The SMILES string of the molecule is Cn1cc(C(=O)Nc2ccc(C(=O)NCC(=O)O)cc2)c(C2CCCCC2)n1. The van der Waals surface area contributed by atoms with Gasteiger partial charge in [-0.25, -0.2) is 0 Å². The molecule has 1 aliphatic carbocycles. The predicted octanol–water partition coefficient (Wildman–Crippen LogP) is 2.53. The van der Waals surface area contributed by atoms with Crippen molar-refractivity contribution < 1.29 is 19.5 Å². The lowest BCUT2D eigenvalue weighted by Crippen LogP contribution is -2.29. The summed E-state index contributed by atoms with van der Waals surface area (Å²) in [6, 6.07) is 6.31. The van der Waals surface area contributed by atoms with Crippen molar-refractivity contribution in [3.8, 4) is 0 Å². The number of rotatable bonds is 6. The van der Waals surface area contributed by atoms with E-state index in [4.69, 9.17) is 5.11 Å². The molecular formula is C20H24N4O4. The monoisotopic (exact) mass is 384 g/mol. The van der Waals surface area contributed by atoms with Crippen LogP contribution in [0.2, 0.25) is 0 Å². The summed E-state index contributed by atoms with van der Waals surface area (Å²) >= 11 is 0. The lowest BCUT2D eigenvalue weighted by Gasteiger charge is -2.20. The van der Waals surface area contributed by atoms with Crippen LogP contribution in [0.5, 0.6) is 0 Å². The maximum atomic E-state index is 12.8. The molecule has 8 heteroatoms. The van der Waals surface area contributed by atoms with Gasteiger partial charge in [-0.2, -0.15) is 5.10 Å². The Labute approximate surface area is 162 Å². The zero-order chi connectivity index (χ0) is 20.1. The van der Waals surface area contributed by atoms with E-state index in [0.717, 1.165) is 31.4 Å². The van der Waals surface area contributed by atoms with Gasteiger partial charge in [0.05, 0.1) is 11.3 Å². The number of carbonyl (C=O) groups excluding carboxylic acids is 2. The molecular weight excluding hydrogens is 360 g/mol. The molecule has 8 nitrogen and oxygen atoms in total. The summed E-state index contributed by atoms with van der Waals surface area (Å²) in [6.45, 7) is -0.442. The second-order valence-corrected chi connectivity index (χ2v) is 7.04. The van der Waals surface area contributed by atoms with Crippen LogP contribution in [0.15, 0.2) is 30.5 Å². The van der Waals surface area contributed by atoms with Gasteiger partial charge in [-0.1, -0.05) is 19.3 Å². The molecule has 2 amide bonds. The number of nitrogens with zero attached hydrogens (tertiary/aromatic N) is 2. The van der Waals surface area contributed by atoms with E-state index in [1.54, 1.807) is 23.0 Å². The minimum Gasteiger partial charge on any atom is -0.480 e. The van der Waals surface area contributed by atoms with Crippen LogP contribution < -0.4 is 10.6 Å². The van der Waals surface area contributed by atoms with Crippen molar-refractivity contribution in [1.29, 1.82) is 0 Å². The van der Waals surface area contributed by atoms with E-state index in [-0.39, 0.29) is 5.91 Å². The molecule has 1 aromatic carbocycles.